The summed E-state index contributed by atoms with van der Waals surface area (Å²) in [6.45, 7) is 6.87. The van der Waals surface area contributed by atoms with Crippen LogP contribution in [-0.4, -0.2) is 43.8 Å². The zero-order valence-electron chi connectivity index (χ0n) is 21.6. The topological polar surface area (TPSA) is 96.3 Å². The Kier molecular flexibility index (Phi) is 6.58. The van der Waals surface area contributed by atoms with Crippen molar-refractivity contribution in [1.29, 1.82) is 0 Å². The predicted molar refractivity (Wildman–Crippen MR) is 140 cm³/mol. The number of hydrogen-bond donors (Lipinski definition) is 2. The largest absolute Gasteiger partial charge is 0.350 e. The van der Waals surface area contributed by atoms with Gasteiger partial charge in [-0.15, -0.1) is 0 Å². The van der Waals surface area contributed by atoms with Crippen LogP contribution in [-0.2, 0) is 30.8 Å². The summed E-state index contributed by atoms with van der Waals surface area (Å²) < 4.78 is 1.65. The Morgan fingerprint density at radius 3 is 2.41 bits per heavy atom. The first kappa shape index (κ1) is 24.7. The van der Waals surface area contributed by atoms with Crippen LogP contribution in [0, 0.1) is 6.92 Å². The number of aromatic nitrogens is 2. The van der Waals surface area contributed by atoms with Gasteiger partial charge in [0.2, 0.25) is 5.91 Å². The summed E-state index contributed by atoms with van der Waals surface area (Å²) in [5.41, 5.74) is 3.60. The van der Waals surface area contributed by atoms with Crippen LogP contribution in [0.2, 0.25) is 0 Å². The number of benzene rings is 2. The lowest BCUT2D eigenvalue weighted by Gasteiger charge is -2.44. The second-order valence-electron chi connectivity index (χ2n) is 10.3. The Balaban J connectivity index is 1.34. The minimum Gasteiger partial charge on any atom is -0.350 e. The summed E-state index contributed by atoms with van der Waals surface area (Å²) in [6, 6.07) is 16.0. The Hall–Kier alpha value is -3.94. The lowest BCUT2D eigenvalue weighted by molar-refractivity contribution is -0.133. The molecule has 3 amide bonds. The van der Waals surface area contributed by atoms with Gasteiger partial charge >= 0.3 is 0 Å². The zero-order valence-corrected chi connectivity index (χ0v) is 21.6. The molecule has 3 aromatic rings. The van der Waals surface area contributed by atoms with Crippen molar-refractivity contribution in [2.75, 3.05) is 0 Å². The molecule has 1 saturated carbocycles. The molecule has 1 atom stereocenters. The van der Waals surface area contributed by atoms with Gasteiger partial charge in [0.15, 0.2) is 5.69 Å². The van der Waals surface area contributed by atoms with Crippen LogP contribution in [0.3, 0.4) is 0 Å². The van der Waals surface area contributed by atoms with E-state index in [2.05, 4.69) is 22.5 Å². The van der Waals surface area contributed by atoms with E-state index in [0.29, 0.717) is 13.1 Å². The van der Waals surface area contributed by atoms with E-state index in [4.69, 9.17) is 0 Å². The van der Waals surface area contributed by atoms with Gasteiger partial charge in [-0.2, -0.15) is 0 Å². The summed E-state index contributed by atoms with van der Waals surface area (Å²) in [4.78, 5) is 46.3. The Labute approximate surface area is 217 Å². The van der Waals surface area contributed by atoms with Gasteiger partial charge in [-0.05, 0) is 49.8 Å². The second kappa shape index (κ2) is 9.84. The normalized spacial score (nSPS) is 18.9. The number of aryl methyl sites for hydroxylation is 2. The molecule has 5 rings (SSSR count). The highest BCUT2D eigenvalue weighted by atomic mass is 16.2. The molecule has 1 fully saturated rings. The molecule has 2 aliphatic rings. The highest BCUT2D eigenvalue weighted by molar-refractivity contribution is 6.07. The quantitative estimate of drug-likeness (QED) is 0.497. The number of nitrogens with zero attached hydrogens (tertiary/aromatic N) is 3. The second-order valence-corrected chi connectivity index (χ2v) is 10.3. The molecule has 8 nitrogen and oxygen atoms in total. The van der Waals surface area contributed by atoms with E-state index in [-0.39, 0.29) is 35.8 Å². The number of carbonyl (C=O) groups is 3. The van der Waals surface area contributed by atoms with Crippen LogP contribution in [0.15, 0.2) is 54.9 Å². The van der Waals surface area contributed by atoms with Gasteiger partial charge in [-0.25, -0.2) is 4.98 Å². The molecule has 2 N–H and O–H groups in total. The van der Waals surface area contributed by atoms with Crippen molar-refractivity contribution < 1.29 is 14.4 Å². The highest BCUT2D eigenvalue weighted by Gasteiger charge is 2.53. The van der Waals surface area contributed by atoms with E-state index >= 15 is 0 Å². The number of carbonyl (C=O) groups excluding carboxylic acids is 3. The molecule has 0 unspecified atom stereocenters. The van der Waals surface area contributed by atoms with Gasteiger partial charge in [-0.3, -0.25) is 14.4 Å². The monoisotopic (exact) mass is 499 g/mol. The maximum Gasteiger partial charge on any atom is 0.274 e. The summed E-state index contributed by atoms with van der Waals surface area (Å²) in [5, 5.41) is 5.92. The molecule has 37 heavy (non-hydrogen) atoms. The van der Waals surface area contributed by atoms with Crippen molar-refractivity contribution >= 4 is 17.7 Å². The number of rotatable bonds is 8. The maximum atomic E-state index is 13.8. The third-order valence-electron chi connectivity index (χ3n) is 7.31. The van der Waals surface area contributed by atoms with E-state index in [0.717, 1.165) is 36.0 Å². The van der Waals surface area contributed by atoms with Gasteiger partial charge in [-0.1, -0.05) is 61.0 Å². The first-order chi connectivity index (χ1) is 17.8. The summed E-state index contributed by atoms with van der Waals surface area (Å²) in [5.74, 6) is -0.933. The molecule has 1 aromatic heterocycles. The number of nitrogens with one attached hydrogen (secondary N) is 2. The summed E-state index contributed by atoms with van der Waals surface area (Å²) in [7, 11) is 0. The van der Waals surface area contributed by atoms with E-state index in [9.17, 15) is 14.4 Å². The number of imidazole rings is 1. The molecule has 0 bridgehead atoms. The van der Waals surface area contributed by atoms with Crippen molar-refractivity contribution in [1.82, 2.24) is 25.1 Å². The average Bonchev–Trinajstić information content (AvgIpc) is 3.63. The van der Waals surface area contributed by atoms with Crippen LogP contribution in [0.5, 0.6) is 0 Å². The van der Waals surface area contributed by atoms with E-state index in [1.165, 1.54) is 11.9 Å². The van der Waals surface area contributed by atoms with Gasteiger partial charge in [0.05, 0.1) is 12.9 Å². The first-order valence-electron chi connectivity index (χ1n) is 12.9. The van der Waals surface area contributed by atoms with Gasteiger partial charge in [0, 0.05) is 19.1 Å². The van der Waals surface area contributed by atoms with Crippen molar-refractivity contribution in [3.8, 4) is 0 Å². The molecule has 2 heterocycles. The Morgan fingerprint density at radius 1 is 1.03 bits per heavy atom. The maximum absolute atomic E-state index is 13.8. The molecular formula is C29H33N5O3. The fourth-order valence-electron chi connectivity index (χ4n) is 5.08. The molecule has 0 radical (unpaired) electrons. The first-order valence-corrected chi connectivity index (χ1v) is 12.9. The van der Waals surface area contributed by atoms with Gasteiger partial charge in [0.1, 0.15) is 11.2 Å². The minimum atomic E-state index is -1.08. The van der Waals surface area contributed by atoms with Crippen LogP contribution in [0.4, 0.5) is 0 Å². The number of amides is 3. The molecule has 2 aromatic carbocycles. The molecule has 0 spiro atoms. The average molecular weight is 500 g/mol. The Morgan fingerprint density at radius 2 is 1.73 bits per heavy atom. The van der Waals surface area contributed by atoms with Crippen molar-refractivity contribution in [3.05, 3.63) is 88.5 Å². The van der Waals surface area contributed by atoms with Crippen molar-refractivity contribution in [2.24, 2.45) is 0 Å². The lowest BCUT2D eigenvalue weighted by atomic mass is 9.93. The van der Waals surface area contributed by atoms with Gasteiger partial charge < -0.3 is 20.1 Å². The molecule has 192 valence electrons. The summed E-state index contributed by atoms with van der Waals surface area (Å²) in [6.07, 6.45) is 4.14. The predicted octanol–water partition coefficient (Wildman–Crippen LogP) is 3.38. The fourth-order valence-corrected chi connectivity index (χ4v) is 5.08. The summed E-state index contributed by atoms with van der Waals surface area (Å²) >= 11 is 0. The minimum absolute atomic E-state index is 0.0149. The lowest BCUT2D eigenvalue weighted by Crippen LogP contribution is -2.64. The van der Waals surface area contributed by atoms with Crippen LogP contribution >= 0.6 is 0 Å². The third kappa shape index (κ3) is 4.88. The number of fused-ring (bicyclic) bond motifs is 1. The van der Waals surface area contributed by atoms with Crippen LogP contribution < -0.4 is 10.6 Å². The smallest absolute Gasteiger partial charge is 0.274 e. The van der Waals surface area contributed by atoms with E-state index in [1.54, 1.807) is 16.4 Å². The van der Waals surface area contributed by atoms with E-state index < -0.39 is 11.4 Å². The standard InChI is InChI=1S/C29H33N5O3/c1-4-20-8-10-21(11-9-20)15-30-26(35)24-25-27(36)34(23-12-13-23)29(3,17-33(25)18-32-24)28(37)31-16-22-7-5-6-19(2)14-22/h5-11,14,18,23H,4,12-13,15-17H2,1-3H3,(H,30,35)(H,31,37)/t29-/m0/s1. The highest BCUT2D eigenvalue weighted by Crippen LogP contribution is 2.38. The molecule has 0 saturated heterocycles. The van der Waals surface area contributed by atoms with Crippen molar-refractivity contribution in [2.45, 2.75) is 71.2 Å². The number of hydrogen-bond acceptors (Lipinski definition) is 4. The van der Waals surface area contributed by atoms with Gasteiger partial charge in [0.25, 0.3) is 11.8 Å². The molecule has 1 aliphatic heterocycles. The third-order valence-corrected chi connectivity index (χ3v) is 7.31. The molecule has 8 heteroatoms. The fraction of sp³-hybridized carbons (Fsp3) is 0.379. The molecular weight excluding hydrogens is 466 g/mol. The van der Waals surface area contributed by atoms with E-state index in [1.807, 2.05) is 55.5 Å². The van der Waals surface area contributed by atoms with Crippen LogP contribution in [0.1, 0.15) is 69.9 Å². The zero-order chi connectivity index (χ0) is 26.2. The molecule has 1 aliphatic carbocycles. The van der Waals surface area contributed by atoms with Crippen LogP contribution in [0.25, 0.3) is 0 Å². The SMILES string of the molecule is CCc1ccc(CNC(=O)c2ncn3c2C(=O)N(C2CC2)[C@](C)(C(=O)NCc2cccc(C)c2)C3)cc1. The Bertz CT molecular complexity index is 1340. The van der Waals surface area contributed by atoms with Crippen molar-refractivity contribution in [3.63, 3.8) is 0 Å².